The Morgan fingerprint density at radius 2 is 1.00 bits per heavy atom. The summed E-state index contributed by atoms with van der Waals surface area (Å²) < 4.78 is -2.06. The minimum atomic E-state index is -1.03. The van der Waals surface area contributed by atoms with Gasteiger partial charge in [-0.25, -0.2) is 0 Å². The minimum absolute atomic E-state index is 0.183. The summed E-state index contributed by atoms with van der Waals surface area (Å²) >= 11 is 1.67. The number of likely N-dealkylation sites (N-methyl/N-ethyl adjacent to an activating group) is 2. The summed E-state index contributed by atoms with van der Waals surface area (Å²) in [6.07, 6.45) is -0.259. The van der Waals surface area contributed by atoms with Crippen molar-refractivity contribution in [3.63, 3.8) is 0 Å². The van der Waals surface area contributed by atoms with Crippen molar-refractivity contribution in [1.29, 1.82) is 0 Å². The van der Waals surface area contributed by atoms with Crippen molar-refractivity contribution in [2.75, 3.05) is 26.2 Å². The van der Waals surface area contributed by atoms with E-state index in [4.69, 9.17) is 0 Å². The fraction of sp³-hybridized carbons (Fsp3) is 0.769. The SMILES string of the molecule is CCC(=O)NC(C(=O)N(CC)CC)C(C)(C)SC(=O)CC(=O)SC(C)(C)C(NC(C)=O)C(=O)N(CC)CC. The summed E-state index contributed by atoms with van der Waals surface area (Å²) in [5.41, 5.74) is 0. The molecule has 0 aromatic carbocycles. The molecular weight excluding hydrogens is 528 g/mol. The third-order valence-corrected chi connectivity index (χ3v) is 8.32. The van der Waals surface area contributed by atoms with Gasteiger partial charge in [-0.1, -0.05) is 30.4 Å². The van der Waals surface area contributed by atoms with Crippen LogP contribution in [0.2, 0.25) is 0 Å². The second kappa shape index (κ2) is 16.1. The zero-order valence-electron chi connectivity index (χ0n) is 24.6. The second-order valence-electron chi connectivity index (χ2n) is 9.84. The summed E-state index contributed by atoms with van der Waals surface area (Å²) in [6, 6.07) is -1.92. The van der Waals surface area contributed by atoms with Crippen LogP contribution in [0.3, 0.4) is 0 Å². The largest absolute Gasteiger partial charge is 0.343 e. The van der Waals surface area contributed by atoms with Crippen LogP contribution in [-0.2, 0) is 28.8 Å². The van der Waals surface area contributed by atoms with Gasteiger partial charge in [-0.2, -0.15) is 0 Å². The lowest BCUT2D eigenvalue weighted by atomic mass is 10.0. The summed E-state index contributed by atoms with van der Waals surface area (Å²) in [7, 11) is 0. The van der Waals surface area contributed by atoms with Crippen molar-refractivity contribution in [2.45, 2.75) is 104 Å². The fourth-order valence-electron chi connectivity index (χ4n) is 3.86. The van der Waals surface area contributed by atoms with Crippen LogP contribution >= 0.6 is 23.5 Å². The average Bonchev–Trinajstić information content (AvgIpc) is 2.80. The Morgan fingerprint density at radius 1 is 0.658 bits per heavy atom. The Bertz CT molecular complexity index is 870. The number of hydrogen-bond acceptors (Lipinski definition) is 8. The van der Waals surface area contributed by atoms with Gasteiger partial charge in [0.05, 0.1) is 6.42 Å². The second-order valence-corrected chi connectivity index (χ2v) is 13.3. The molecule has 0 bridgehead atoms. The van der Waals surface area contributed by atoms with E-state index in [9.17, 15) is 28.8 Å². The maximum Gasteiger partial charge on any atom is 0.246 e. The zero-order chi connectivity index (χ0) is 29.8. The van der Waals surface area contributed by atoms with Crippen LogP contribution in [0.1, 0.15) is 82.1 Å². The lowest BCUT2D eigenvalue weighted by Crippen LogP contribution is -2.57. The fourth-order valence-corrected chi connectivity index (χ4v) is 6.09. The van der Waals surface area contributed by atoms with Crippen molar-refractivity contribution in [3.8, 4) is 0 Å². The van der Waals surface area contributed by atoms with E-state index in [1.807, 2.05) is 27.7 Å². The molecule has 2 atom stereocenters. The van der Waals surface area contributed by atoms with Gasteiger partial charge in [0.15, 0.2) is 10.2 Å². The molecule has 4 amide bonds. The zero-order valence-corrected chi connectivity index (χ0v) is 26.2. The van der Waals surface area contributed by atoms with Crippen molar-refractivity contribution < 1.29 is 28.8 Å². The van der Waals surface area contributed by atoms with E-state index in [1.54, 1.807) is 44.4 Å². The highest BCUT2D eigenvalue weighted by molar-refractivity contribution is 8.16. The van der Waals surface area contributed by atoms with Gasteiger partial charge in [-0.05, 0) is 55.4 Å². The number of nitrogens with zero attached hydrogens (tertiary/aromatic N) is 2. The van der Waals surface area contributed by atoms with E-state index in [2.05, 4.69) is 10.6 Å². The molecule has 0 spiro atoms. The molecule has 0 aromatic rings. The molecule has 2 N–H and O–H groups in total. The molecule has 0 radical (unpaired) electrons. The summed E-state index contributed by atoms with van der Waals surface area (Å²) in [4.78, 5) is 79.4. The van der Waals surface area contributed by atoms with Gasteiger partial charge < -0.3 is 20.4 Å². The van der Waals surface area contributed by atoms with Gasteiger partial charge in [0.25, 0.3) is 0 Å². The highest BCUT2D eigenvalue weighted by atomic mass is 32.2. The number of nitrogens with one attached hydrogen (secondary N) is 2. The Balaban J connectivity index is 5.69. The first kappa shape index (κ1) is 35.9. The molecule has 0 aliphatic rings. The number of carbonyl (C=O) groups is 6. The first-order chi connectivity index (χ1) is 17.5. The van der Waals surface area contributed by atoms with E-state index < -0.39 is 44.1 Å². The van der Waals surface area contributed by atoms with Crippen LogP contribution in [0.4, 0.5) is 0 Å². The minimum Gasteiger partial charge on any atom is -0.343 e. The molecule has 0 heterocycles. The van der Waals surface area contributed by atoms with Gasteiger partial charge in [-0.15, -0.1) is 0 Å². The maximum atomic E-state index is 13.2. The van der Waals surface area contributed by atoms with E-state index in [0.717, 1.165) is 23.5 Å². The molecule has 10 nitrogen and oxygen atoms in total. The molecular formula is C26H46N4O6S2. The molecule has 0 aliphatic carbocycles. The van der Waals surface area contributed by atoms with E-state index in [-0.39, 0.29) is 24.1 Å². The normalized spacial score (nSPS) is 13.2. The Kier molecular flexibility index (Phi) is 15.2. The van der Waals surface area contributed by atoms with Gasteiger partial charge in [0, 0.05) is 49.0 Å². The number of rotatable bonds is 15. The molecule has 38 heavy (non-hydrogen) atoms. The molecule has 0 saturated carbocycles. The van der Waals surface area contributed by atoms with Gasteiger partial charge in [0.1, 0.15) is 12.1 Å². The van der Waals surface area contributed by atoms with Crippen LogP contribution in [-0.4, -0.2) is 91.4 Å². The molecule has 2 unspecified atom stereocenters. The maximum absolute atomic E-state index is 13.2. The first-order valence-electron chi connectivity index (χ1n) is 13.1. The van der Waals surface area contributed by atoms with Crippen LogP contribution in [0.5, 0.6) is 0 Å². The Hall–Kier alpha value is -2.08. The van der Waals surface area contributed by atoms with Gasteiger partial charge >= 0.3 is 0 Å². The molecule has 0 fully saturated rings. The van der Waals surface area contributed by atoms with Crippen LogP contribution < -0.4 is 10.6 Å². The Labute approximate surface area is 236 Å². The summed E-state index contributed by atoms with van der Waals surface area (Å²) in [6.45, 7) is 18.9. The molecule has 0 aliphatic heterocycles. The topological polar surface area (TPSA) is 133 Å². The smallest absolute Gasteiger partial charge is 0.246 e. The van der Waals surface area contributed by atoms with Crippen LogP contribution in [0.25, 0.3) is 0 Å². The lowest BCUT2D eigenvalue weighted by molar-refractivity contribution is -0.136. The van der Waals surface area contributed by atoms with Gasteiger partial charge in [0.2, 0.25) is 23.6 Å². The molecule has 0 rings (SSSR count). The summed E-state index contributed by atoms with van der Waals surface area (Å²) in [5, 5.41) is 4.48. The first-order valence-corrected chi connectivity index (χ1v) is 14.7. The monoisotopic (exact) mass is 574 g/mol. The molecule has 218 valence electrons. The van der Waals surface area contributed by atoms with Crippen molar-refractivity contribution in [3.05, 3.63) is 0 Å². The predicted molar refractivity (Wildman–Crippen MR) is 154 cm³/mol. The summed E-state index contributed by atoms with van der Waals surface area (Å²) in [5.74, 6) is -1.31. The van der Waals surface area contributed by atoms with E-state index in [0.29, 0.717) is 26.2 Å². The van der Waals surface area contributed by atoms with E-state index >= 15 is 0 Å². The third-order valence-electron chi connectivity index (χ3n) is 6.05. The quantitative estimate of drug-likeness (QED) is 0.285. The number of thioether (sulfide) groups is 2. The van der Waals surface area contributed by atoms with E-state index in [1.165, 1.54) is 6.92 Å². The van der Waals surface area contributed by atoms with Crippen molar-refractivity contribution in [1.82, 2.24) is 20.4 Å². The predicted octanol–water partition coefficient (Wildman–Crippen LogP) is 2.59. The van der Waals surface area contributed by atoms with Gasteiger partial charge in [-0.3, -0.25) is 28.8 Å². The number of amides is 4. The van der Waals surface area contributed by atoms with Crippen LogP contribution in [0, 0.1) is 0 Å². The Morgan fingerprint density at radius 3 is 1.29 bits per heavy atom. The third kappa shape index (κ3) is 11.0. The molecule has 0 saturated heterocycles. The number of hydrogen-bond donors (Lipinski definition) is 2. The molecule has 0 aromatic heterocycles. The number of carbonyl (C=O) groups excluding carboxylic acids is 6. The van der Waals surface area contributed by atoms with Crippen molar-refractivity contribution >= 4 is 57.4 Å². The molecule has 12 heteroatoms. The van der Waals surface area contributed by atoms with Crippen molar-refractivity contribution in [2.24, 2.45) is 0 Å². The van der Waals surface area contributed by atoms with Crippen LogP contribution in [0.15, 0.2) is 0 Å². The highest BCUT2D eigenvalue weighted by Gasteiger charge is 2.42. The lowest BCUT2D eigenvalue weighted by Gasteiger charge is -2.36. The highest BCUT2D eigenvalue weighted by Crippen LogP contribution is 2.35. The standard InChI is InChI=1S/C26H46N4O6S2/c1-11-18(32)28-22(24(36)30(14-4)15-5)26(9,10)38-20(34)16-19(33)37-25(7,8)21(27-17(6)31)23(35)29(12-2)13-3/h21-22H,11-16H2,1-10H3,(H,27,31)(H,28,32). The average molecular weight is 575 g/mol.